The Labute approximate surface area is 81.2 Å². The number of aliphatic hydroxyl groups excluding tert-OH is 4. The molecule has 6 nitrogen and oxygen atoms in total. The van der Waals surface area contributed by atoms with Crippen molar-refractivity contribution >= 4 is 0 Å². The van der Waals surface area contributed by atoms with Crippen LogP contribution in [0.4, 0.5) is 0 Å². The van der Waals surface area contributed by atoms with Crippen LogP contribution in [0.5, 0.6) is 0 Å². The fourth-order valence-corrected chi connectivity index (χ4v) is 0.533. The van der Waals surface area contributed by atoms with E-state index in [2.05, 4.69) is 9.78 Å². The summed E-state index contributed by atoms with van der Waals surface area (Å²) in [6.07, 6.45) is 2.07. The Hall–Kier alpha value is -0.760. The Morgan fingerprint density at radius 3 is 1.50 bits per heavy atom. The molecule has 0 rings (SSSR count). The van der Waals surface area contributed by atoms with E-state index >= 15 is 0 Å². The second kappa shape index (κ2) is 8.82. The molecule has 2 unspecified atom stereocenters. The lowest BCUT2D eigenvalue weighted by Gasteiger charge is -2.09. The van der Waals surface area contributed by atoms with Gasteiger partial charge in [0.25, 0.3) is 0 Å². The summed E-state index contributed by atoms with van der Waals surface area (Å²) in [4.78, 5) is 8.56. The molecule has 2 atom stereocenters. The van der Waals surface area contributed by atoms with Crippen LogP contribution < -0.4 is 0 Å². The summed E-state index contributed by atoms with van der Waals surface area (Å²) in [6.45, 7) is -0.458. The Bertz CT molecular complexity index is 159. The van der Waals surface area contributed by atoms with Gasteiger partial charge in [0.15, 0.2) is 0 Å². The van der Waals surface area contributed by atoms with Gasteiger partial charge in [-0.2, -0.15) is 9.78 Å². The van der Waals surface area contributed by atoms with Gasteiger partial charge in [-0.25, -0.2) is 0 Å². The van der Waals surface area contributed by atoms with E-state index in [0.717, 1.165) is 12.2 Å². The molecule has 4 N–H and O–H groups in total. The Balaban J connectivity index is 3.60. The van der Waals surface area contributed by atoms with Crippen molar-refractivity contribution in [3.63, 3.8) is 0 Å². The average molecular weight is 206 g/mol. The van der Waals surface area contributed by atoms with E-state index in [-0.39, 0.29) is 13.2 Å². The molecule has 0 saturated heterocycles. The van der Waals surface area contributed by atoms with Gasteiger partial charge in [0.1, 0.15) is 0 Å². The van der Waals surface area contributed by atoms with Gasteiger partial charge in [-0.1, -0.05) is 12.2 Å². The molecular weight excluding hydrogens is 192 g/mol. The summed E-state index contributed by atoms with van der Waals surface area (Å²) in [6, 6.07) is 0. The first-order chi connectivity index (χ1) is 6.70. The molecule has 0 aliphatic carbocycles. The summed E-state index contributed by atoms with van der Waals surface area (Å²) in [5, 5.41) is 34.5. The van der Waals surface area contributed by atoms with E-state index in [1.54, 1.807) is 0 Å². The molecule has 0 fully saturated rings. The Kier molecular flexibility index (Phi) is 8.34. The highest BCUT2D eigenvalue weighted by Gasteiger charge is 2.03. The maximum Gasteiger partial charge on any atom is 0.208 e. The first-order valence-corrected chi connectivity index (χ1v) is 3.94. The normalized spacial score (nSPS) is 16.6. The third kappa shape index (κ3) is 7.87. The summed E-state index contributed by atoms with van der Waals surface area (Å²) >= 11 is 0. The molecule has 82 valence electrons. The first-order valence-electron chi connectivity index (χ1n) is 3.94. The predicted molar refractivity (Wildman–Crippen MR) is 46.6 cm³/mol. The number of hydrogen-bond acceptors (Lipinski definition) is 6. The van der Waals surface area contributed by atoms with Crippen molar-refractivity contribution in [1.29, 1.82) is 0 Å². The van der Waals surface area contributed by atoms with E-state index < -0.39 is 12.6 Å². The molecule has 0 aliphatic rings. The molecule has 0 heterocycles. The standard InChI is InChI=1S/C8H14O6/c9-5-1-3-7(11)13-14-8(12)4-2-6-10/h1-4,7-12H,5-6H2. The minimum absolute atomic E-state index is 0.229. The topological polar surface area (TPSA) is 99.4 Å². The van der Waals surface area contributed by atoms with Crippen molar-refractivity contribution in [1.82, 2.24) is 0 Å². The molecule has 0 aromatic rings. The van der Waals surface area contributed by atoms with Crippen molar-refractivity contribution in [2.75, 3.05) is 13.2 Å². The van der Waals surface area contributed by atoms with Crippen molar-refractivity contribution in [2.45, 2.75) is 12.6 Å². The zero-order valence-electron chi connectivity index (χ0n) is 7.48. The zero-order chi connectivity index (χ0) is 10.8. The molecule has 6 heteroatoms. The van der Waals surface area contributed by atoms with Crippen molar-refractivity contribution < 1.29 is 30.2 Å². The maximum absolute atomic E-state index is 8.92. The fourth-order valence-electron chi connectivity index (χ4n) is 0.533. The van der Waals surface area contributed by atoms with Gasteiger partial charge in [-0.3, -0.25) is 0 Å². The van der Waals surface area contributed by atoms with Crippen LogP contribution >= 0.6 is 0 Å². The van der Waals surface area contributed by atoms with Crippen LogP contribution in [0.3, 0.4) is 0 Å². The van der Waals surface area contributed by atoms with Crippen LogP contribution in [0.2, 0.25) is 0 Å². The Morgan fingerprint density at radius 2 is 1.21 bits per heavy atom. The lowest BCUT2D eigenvalue weighted by molar-refractivity contribution is -0.401. The van der Waals surface area contributed by atoms with Crippen molar-refractivity contribution in [3.05, 3.63) is 24.3 Å². The maximum atomic E-state index is 8.92. The predicted octanol–water partition coefficient (Wildman–Crippen LogP) is -1.33. The van der Waals surface area contributed by atoms with Crippen LogP contribution in [0.15, 0.2) is 24.3 Å². The quantitative estimate of drug-likeness (QED) is 0.178. The van der Waals surface area contributed by atoms with Crippen LogP contribution in [-0.4, -0.2) is 46.2 Å². The highest BCUT2D eigenvalue weighted by atomic mass is 17.2. The molecule has 0 radical (unpaired) electrons. The van der Waals surface area contributed by atoms with Gasteiger partial charge >= 0.3 is 0 Å². The van der Waals surface area contributed by atoms with Gasteiger partial charge in [0.05, 0.1) is 13.2 Å². The average Bonchev–Trinajstić information content (AvgIpc) is 2.20. The van der Waals surface area contributed by atoms with Crippen LogP contribution in [0.1, 0.15) is 0 Å². The summed E-state index contributed by atoms with van der Waals surface area (Å²) in [7, 11) is 0. The van der Waals surface area contributed by atoms with E-state index in [1.165, 1.54) is 12.2 Å². The minimum atomic E-state index is -1.36. The third-order valence-electron chi connectivity index (χ3n) is 1.06. The second-order valence-corrected chi connectivity index (χ2v) is 2.20. The van der Waals surface area contributed by atoms with Crippen LogP contribution in [-0.2, 0) is 9.78 Å². The van der Waals surface area contributed by atoms with Crippen LogP contribution in [0, 0.1) is 0 Å². The Morgan fingerprint density at radius 1 is 0.857 bits per heavy atom. The van der Waals surface area contributed by atoms with Crippen molar-refractivity contribution in [2.24, 2.45) is 0 Å². The highest BCUT2D eigenvalue weighted by molar-refractivity contribution is 4.84. The largest absolute Gasteiger partial charge is 0.392 e. The monoisotopic (exact) mass is 206 g/mol. The number of hydrogen-bond donors (Lipinski definition) is 4. The molecular formula is C8H14O6. The SMILES string of the molecule is OCC=CC(O)OOC(O)C=CCO. The summed E-state index contributed by atoms with van der Waals surface area (Å²) in [5.74, 6) is 0. The third-order valence-corrected chi connectivity index (χ3v) is 1.06. The molecule has 14 heavy (non-hydrogen) atoms. The van der Waals surface area contributed by atoms with E-state index in [4.69, 9.17) is 20.4 Å². The molecule has 0 amide bonds. The zero-order valence-corrected chi connectivity index (χ0v) is 7.48. The van der Waals surface area contributed by atoms with Gasteiger partial charge in [-0.15, -0.1) is 0 Å². The van der Waals surface area contributed by atoms with Crippen LogP contribution in [0.25, 0.3) is 0 Å². The number of aliphatic hydroxyl groups is 4. The molecule has 0 aliphatic heterocycles. The van der Waals surface area contributed by atoms with E-state index in [0.29, 0.717) is 0 Å². The lowest BCUT2D eigenvalue weighted by Crippen LogP contribution is -2.16. The molecule has 0 bridgehead atoms. The molecule has 0 saturated carbocycles. The first kappa shape index (κ1) is 13.2. The molecule has 0 spiro atoms. The van der Waals surface area contributed by atoms with Gasteiger partial charge in [0, 0.05) is 0 Å². The van der Waals surface area contributed by atoms with E-state index in [1.807, 2.05) is 0 Å². The number of rotatable bonds is 7. The highest BCUT2D eigenvalue weighted by Crippen LogP contribution is 1.96. The fraction of sp³-hybridized carbons (Fsp3) is 0.500. The van der Waals surface area contributed by atoms with E-state index in [9.17, 15) is 0 Å². The smallest absolute Gasteiger partial charge is 0.208 e. The van der Waals surface area contributed by atoms with Gasteiger partial charge in [0.2, 0.25) is 12.6 Å². The second-order valence-electron chi connectivity index (χ2n) is 2.20. The summed E-state index contributed by atoms with van der Waals surface area (Å²) < 4.78 is 0. The molecule has 0 aromatic heterocycles. The lowest BCUT2D eigenvalue weighted by atomic mass is 10.5. The van der Waals surface area contributed by atoms with Gasteiger partial charge < -0.3 is 20.4 Å². The minimum Gasteiger partial charge on any atom is -0.392 e. The van der Waals surface area contributed by atoms with Gasteiger partial charge in [-0.05, 0) is 12.2 Å². The molecule has 0 aromatic carbocycles. The van der Waals surface area contributed by atoms with Crippen molar-refractivity contribution in [3.8, 4) is 0 Å². The summed E-state index contributed by atoms with van der Waals surface area (Å²) in [5.41, 5.74) is 0.